The van der Waals surface area contributed by atoms with E-state index in [0.29, 0.717) is 5.75 Å². The molecule has 1 aromatic rings. The number of carbonyl (C=O) groups excluding carboxylic acids is 2. The molecule has 1 heterocycles. The largest absolute Gasteiger partial charge is 0.468 e. The Kier molecular flexibility index (Phi) is 2.59. The Morgan fingerprint density at radius 3 is 2.89 bits per heavy atom. The molecule has 1 saturated carbocycles. The van der Waals surface area contributed by atoms with E-state index in [0.717, 1.165) is 29.0 Å². The van der Waals surface area contributed by atoms with Crippen LogP contribution in [-0.4, -0.2) is 24.7 Å². The van der Waals surface area contributed by atoms with Crippen molar-refractivity contribution in [3.63, 3.8) is 0 Å². The molecule has 1 amide bonds. The van der Waals surface area contributed by atoms with Gasteiger partial charge in [-0.2, -0.15) is 0 Å². The van der Waals surface area contributed by atoms with E-state index in [1.54, 1.807) is 0 Å². The van der Waals surface area contributed by atoms with E-state index < -0.39 is 5.41 Å². The molecule has 1 fully saturated rings. The van der Waals surface area contributed by atoms with Gasteiger partial charge in [0.05, 0.1) is 24.0 Å². The molecule has 5 heteroatoms. The molecular formula is C13H13NO3S. The van der Waals surface area contributed by atoms with Crippen molar-refractivity contribution >= 4 is 29.3 Å². The van der Waals surface area contributed by atoms with E-state index in [-0.39, 0.29) is 11.9 Å². The zero-order valence-corrected chi connectivity index (χ0v) is 10.8. The van der Waals surface area contributed by atoms with Crippen LogP contribution >= 0.6 is 11.8 Å². The maximum absolute atomic E-state index is 11.8. The van der Waals surface area contributed by atoms with E-state index in [9.17, 15) is 9.59 Å². The van der Waals surface area contributed by atoms with Gasteiger partial charge in [-0.15, -0.1) is 11.8 Å². The van der Waals surface area contributed by atoms with Gasteiger partial charge >= 0.3 is 5.97 Å². The van der Waals surface area contributed by atoms with Gasteiger partial charge in [-0.05, 0) is 30.5 Å². The second kappa shape index (κ2) is 4.02. The normalized spacial score (nSPS) is 19.7. The molecule has 0 bridgehead atoms. The lowest BCUT2D eigenvalue weighted by atomic mass is 9.96. The van der Waals surface area contributed by atoms with Crippen LogP contribution in [0.1, 0.15) is 18.4 Å². The van der Waals surface area contributed by atoms with E-state index in [2.05, 4.69) is 5.32 Å². The number of thioether (sulfide) groups is 1. The zero-order valence-electron chi connectivity index (χ0n) is 9.99. The predicted molar refractivity (Wildman–Crippen MR) is 68.7 cm³/mol. The van der Waals surface area contributed by atoms with Crippen LogP contribution in [0.3, 0.4) is 0 Å². The van der Waals surface area contributed by atoms with Gasteiger partial charge in [0, 0.05) is 4.90 Å². The van der Waals surface area contributed by atoms with Gasteiger partial charge in [-0.3, -0.25) is 9.59 Å². The summed E-state index contributed by atoms with van der Waals surface area (Å²) in [5.41, 5.74) is 1.39. The lowest BCUT2D eigenvalue weighted by Crippen LogP contribution is -2.23. The number of benzene rings is 1. The van der Waals surface area contributed by atoms with Crippen LogP contribution in [-0.2, 0) is 19.7 Å². The highest BCUT2D eigenvalue weighted by Gasteiger charge is 2.52. The van der Waals surface area contributed by atoms with Crippen molar-refractivity contribution in [1.82, 2.24) is 0 Å². The molecule has 94 valence electrons. The van der Waals surface area contributed by atoms with Crippen LogP contribution in [0.4, 0.5) is 5.69 Å². The quantitative estimate of drug-likeness (QED) is 0.828. The number of methoxy groups -OCH3 is 1. The second-order valence-corrected chi connectivity index (χ2v) is 5.64. The molecular weight excluding hydrogens is 250 g/mol. The first-order valence-corrected chi connectivity index (χ1v) is 6.80. The molecule has 1 N–H and O–H groups in total. The Hall–Kier alpha value is -1.49. The zero-order chi connectivity index (χ0) is 12.8. The van der Waals surface area contributed by atoms with Gasteiger partial charge in [0.15, 0.2) is 0 Å². The number of nitrogens with one attached hydrogen (secondary N) is 1. The van der Waals surface area contributed by atoms with Crippen LogP contribution in [0.2, 0.25) is 0 Å². The number of rotatable bonds is 2. The van der Waals surface area contributed by atoms with Crippen LogP contribution < -0.4 is 5.32 Å². The highest BCUT2D eigenvalue weighted by molar-refractivity contribution is 8.00. The lowest BCUT2D eigenvalue weighted by molar-refractivity contribution is -0.143. The number of anilines is 1. The average molecular weight is 263 g/mol. The van der Waals surface area contributed by atoms with Crippen molar-refractivity contribution in [2.45, 2.75) is 23.2 Å². The third kappa shape index (κ3) is 1.70. The Morgan fingerprint density at radius 2 is 2.22 bits per heavy atom. The van der Waals surface area contributed by atoms with Crippen LogP contribution in [0.5, 0.6) is 0 Å². The maximum Gasteiger partial charge on any atom is 0.316 e. The van der Waals surface area contributed by atoms with E-state index in [1.165, 1.54) is 18.9 Å². The van der Waals surface area contributed by atoms with Crippen molar-refractivity contribution in [2.75, 3.05) is 18.2 Å². The summed E-state index contributed by atoms with van der Waals surface area (Å²) >= 11 is 1.51. The molecule has 18 heavy (non-hydrogen) atoms. The van der Waals surface area contributed by atoms with E-state index in [1.807, 2.05) is 18.2 Å². The molecule has 3 rings (SSSR count). The molecule has 1 aliphatic carbocycles. The van der Waals surface area contributed by atoms with E-state index >= 15 is 0 Å². The first kappa shape index (κ1) is 11.6. The van der Waals surface area contributed by atoms with Gasteiger partial charge in [-0.1, -0.05) is 6.07 Å². The Bertz CT molecular complexity index is 537. The number of hydrogen-bond acceptors (Lipinski definition) is 4. The van der Waals surface area contributed by atoms with Crippen molar-refractivity contribution in [3.05, 3.63) is 23.8 Å². The fourth-order valence-electron chi connectivity index (χ4n) is 2.30. The Labute approximate surface area is 109 Å². The molecule has 2 aliphatic rings. The summed E-state index contributed by atoms with van der Waals surface area (Å²) in [4.78, 5) is 24.1. The summed E-state index contributed by atoms with van der Waals surface area (Å²) < 4.78 is 4.88. The van der Waals surface area contributed by atoms with Crippen LogP contribution in [0.15, 0.2) is 23.1 Å². The molecule has 1 aromatic carbocycles. The minimum atomic E-state index is -0.439. The van der Waals surface area contributed by atoms with Crippen molar-refractivity contribution in [2.24, 2.45) is 0 Å². The molecule has 0 aromatic heterocycles. The number of esters is 1. The summed E-state index contributed by atoms with van der Waals surface area (Å²) in [6.45, 7) is 0. The molecule has 0 spiro atoms. The molecule has 1 aliphatic heterocycles. The smallest absolute Gasteiger partial charge is 0.316 e. The first-order valence-electron chi connectivity index (χ1n) is 5.81. The van der Waals surface area contributed by atoms with Gasteiger partial charge in [0.25, 0.3) is 0 Å². The van der Waals surface area contributed by atoms with Crippen LogP contribution in [0.25, 0.3) is 0 Å². The third-order valence-corrected chi connectivity index (χ3v) is 4.55. The Balaban J connectivity index is 1.96. The lowest BCUT2D eigenvalue weighted by Gasteiger charge is -2.19. The first-order chi connectivity index (χ1) is 8.65. The fraction of sp³-hybridized carbons (Fsp3) is 0.385. The summed E-state index contributed by atoms with van der Waals surface area (Å²) in [6.07, 6.45) is 1.69. The molecule has 0 atom stereocenters. The standard InChI is InChI=1S/C13H13NO3S/c1-17-12(16)13(4-5-13)8-2-3-9-10(6-8)18-7-11(15)14-9/h2-3,6H,4-5,7H2,1H3,(H,14,15). The van der Waals surface area contributed by atoms with Gasteiger partial charge in [-0.25, -0.2) is 0 Å². The summed E-state index contributed by atoms with van der Waals surface area (Å²) in [7, 11) is 1.43. The number of amides is 1. The van der Waals surface area contributed by atoms with Crippen molar-refractivity contribution < 1.29 is 14.3 Å². The summed E-state index contributed by atoms with van der Waals surface area (Å²) in [6, 6.07) is 5.79. The van der Waals surface area contributed by atoms with Crippen molar-refractivity contribution in [1.29, 1.82) is 0 Å². The summed E-state index contributed by atoms with van der Waals surface area (Å²) in [5, 5.41) is 2.83. The van der Waals surface area contributed by atoms with Gasteiger partial charge < -0.3 is 10.1 Å². The van der Waals surface area contributed by atoms with E-state index in [4.69, 9.17) is 4.74 Å². The number of ether oxygens (including phenoxy) is 1. The average Bonchev–Trinajstić information content (AvgIpc) is 3.18. The predicted octanol–water partition coefficient (Wildman–Crippen LogP) is 1.94. The topological polar surface area (TPSA) is 55.4 Å². The minimum absolute atomic E-state index is 0.0225. The van der Waals surface area contributed by atoms with Crippen LogP contribution in [0, 0.1) is 0 Å². The SMILES string of the molecule is COC(=O)C1(c2ccc3c(c2)SCC(=O)N3)CC1. The molecule has 0 radical (unpaired) electrons. The molecule has 4 nitrogen and oxygen atoms in total. The Morgan fingerprint density at radius 1 is 1.44 bits per heavy atom. The highest BCUT2D eigenvalue weighted by atomic mass is 32.2. The van der Waals surface area contributed by atoms with Crippen molar-refractivity contribution in [3.8, 4) is 0 Å². The minimum Gasteiger partial charge on any atom is -0.468 e. The number of hydrogen-bond donors (Lipinski definition) is 1. The molecule has 0 saturated heterocycles. The monoisotopic (exact) mass is 263 g/mol. The van der Waals surface area contributed by atoms with Gasteiger partial charge in [0.1, 0.15) is 0 Å². The third-order valence-electron chi connectivity index (χ3n) is 3.49. The molecule has 0 unspecified atom stereocenters. The highest BCUT2D eigenvalue weighted by Crippen LogP contribution is 2.50. The van der Waals surface area contributed by atoms with Gasteiger partial charge in [0.2, 0.25) is 5.91 Å². The number of carbonyl (C=O) groups is 2. The fourth-order valence-corrected chi connectivity index (χ4v) is 3.15. The number of fused-ring (bicyclic) bond motifs is 1. The maximum atomic E-state index is 11.8. The summed E-state index contributed by atoms with van der Waals surface area (Å²) in [5.74, 6) is 0.295. The second-order valence-electron chi connectivity index (χ2n) is 4.62.